The van der Waals surface area contributed by atoms with Gasteiger partial charge in [0.25, 0.3) is 11.8 Å². The quantitative estimate of drug-likeness (QED) is 0.438. The fourth-order valence-corrected chi connectivity index (χ4v) is 3.09. The molecule has 1 aliphatic heterocycles. The van der Waals surface area contributed by atoms with E-state index in [0.717, 1.165) is 8.47 Å². The summed E-state index contributed by atoms with van der Waals surface area (Å²) in [6, 6.07) is 7.77. The lowest BCUT2D eigenvalue weighted by Gasteiger charge is -2.25. The average Bonchev–Trinajstić information content (AvgIpc) is 3.09. The number of methoxy groups -OCH3 is 1. The van der Waals surface area contributed by atoms with Crippen molar-refractivity contribution in [2.24, 2.45) is 0 Å². The molecule has 0 spiro atoms. The Hall–Kier alpha value is -2.62. The molecule has 0 aliphatic carbocycles. The number of amides is 4. The van der Waals surface area contributed by atoms with Crippen LogP contribution in [0, 0.1) is 3.57 Å². The summed E-state index contributed by atoms with van der Waals surface area (Å²) >= 11 is 2.10. The van der Waals surface area contributed by atoms with E-state index in [-0.39, 0.29) is 12.1 Å². The normalized spacial score (nSPS) is 16.3. The van der Waals surface area contributed by atoms with Crippen molar-refractivity contribution in [1.82, 2.24) is 10.2 Å². The largest absolute Gasteiger partial charge is 0.496 e. The Bertz CT molecular complexity index is 873. The summed E-state index contributed by atoms with van der Waals surface area (Å²) in [6.45, 7) is -0.0531. The molecule has 2 aromatic rings. The maximum Gasteiger partial charge on any atom is 0.331 e. The standard InChI is InChI=1S/C17H13IN2O5/c1-24-14-5-4-10(8-13(14)18)7-12-15(21)19-17(23)20(16(12)22)9-11-3-2-6-25-11/h2-8H,9H2,1H3,(H,19,21,23)/b12-7+. The highest BCUT2D eigenvalue weighted by Gasteiger charge is 2.36. The first-order valence-electron chi connectivity index (χ1n) is 7.24. The number of rotatable bonds is 4. The van der Waals surface area contributed by atoms with Crippen LogP contribution in [0.25, 0.3) is 6.08 Å². The summed E-state index contributed by atoms with van der Waals surface area (Å²) in [4.78, 5) is 37.6. The van der Waals surface area contributed by atoms with Gasteiger partial charge in [0.05, 0.1) is 23.5 Å². The minimum atomic E-state index is -0.770. The Morgan fingerprint density at radius 1 is 1.28 bits per heavy atom. The summed E-state index contributed by atoms with van der Waals surface area (Å²) in [5.74, 6) is -0.263. The number of barbiturate groups is 1. The number of furan rings is 1. The number of hydrogen-bond donors (Lipinski definition) is 1. The lowest BCUT2D eigenvalue weighted by Crippen LogP contribution is -2.53. The van der Waals surface area contributed by atoms with Crippen molar-refractivity contribution in [3.8, 4) is 5.75 Å². The molecule has 0 atom stereocenters. The van der Waals surface area contributed by atoms with Crippen LogP contribution in [-0.4, -0.2) is 29.9 Å². The van der Waals surface area contributed by atoms with E-state index in [2.05, 4.69) is 27.9 Å². The Morgan fingerprint density at radius 3 is 2.72 bits per heavy atom. The van der Waals surface area contributed by atoms with Crippen LogP contribution in [0.5, 0.6) is 5.75 Å². The van der Waals surface area contributed by atoms with Gasteiger partial charge in [0.1, 0.15) is 17.1 Å². The Labute approximate surface area is 156 Å². The smallest absolute Gasteiger partial charge is 0.331 e. The first-order valence-corrected chi connectivity index (χ1v) is 8.32. The maximum atomic E-state index is 12.6. The van der Waals surface area contributed by atoms with Gasteiger partial charge in [-0.2, -0.15) is 0 Å². The number of nitrogens with zero attached hydrogens (tertiary/aromatic N) is 1. The Morgan fingerprint density at radius 2 is 2.08 bits per heavy atom. The molecular formula is C17H13IN2O5. The van der Waals surface area contributed by atoms with E-state index in [1.54, 1.807) is 37.4 Å². The SMILES string of the molecule is COc1ccc(/C=C2\C(=O)NC(=O)N(Cc3ccco3)C2=O)cc1I. The second-order valence-electron chi connectivity index (χ2n) is 5.18. The van der Waals surface area contributed by atoms with Crippen molar-refractivity contribution in [2.45, 2.75) is 6.54 Å². The van der Waals surface area contributed by atoms with Gasteiger partial charge in [-0.05, 0) is 58.5 Å². The number of benzene rings is 1. The minimum Gasteiger partial charge on any atom is -0.496 e. The molecule has 0 unspecified atom stereocenters. The van der Waals surface area contributed by atoms with Crippen molar-refractivity contribution in [2.75, 3.05) is 7.11 Å². The number of carbonyl (C=O) groups is 3. The van der Waals surface area contributed by atoms with Crippen LogP contribution < -0.4 is 10.1 Å². The molecule has 1 aromatic heterocycles. The molecule has 1 aliphatic rings. The van der Waals surface area contributed by atoms with Crippen LogP contribution in [0.4, 0.5) is 4.79 Å². The van der Waals surface area contributed by atoms with Crippen LogP contribution in [-0.2, 0) is 16.1 Å². The zero-order chi connectivity index (χ0) is 18.0. The molecule has 128 valence electrons. The third-order valence-electron chi connectivity index (χ3n) is 3.57. The maximum absolute atomic E-state index is 12.6. The number of halogens is 1. The van der Waals surface area contributed by atoms with Gasteiger partial charge in [0, 0.05) is 0 Å². The minimum absolute atomic E-state index is 0.0531. The molecule has 25 heavy (non-hydrogen) atoms. The second kappa shape index (κ2) is 7.09. The predicted octanol–water partition coefficient (Wildman–Crippen LogP) is 2.55. The van der Waals surface area contributed by atoms with Crippen LogP contribution >= 0.6 is 22.6 Å². The number of nitrogens with one attached hydrogen (secondary N) is 1. The molecule has 7 nitrogen and oxygen atoms in total. The Kier molecular flexibility index (Phi) is 4.88. The summed E-state index contributed by atoms with van der Waals surface area (Å²) < 4.78 is 11.2. The van der Waals surface area contributed by atoms with Gasteiger partial charge in [-0.3, -0.25) is 19.8 Å². The average molecular weight is 452 g/mol. The first kappa shape index (κ1) is 17.2. The Balaban J connectivity index is 1.91. The van der Waals surface area contributed by atoms with Gasteiger partial charge in [-0.25, -0.2) is 4.79 Å². The lowest BCUT2D eigenvalue weighted by atomic mass is 10.1. The topological polar surface area (TPSA) is 88.8 Å². The van der Waals surface area contributed by atoms with E-state index >= 15 is 0 Å². The molecule has 1 N–H and O–H groups in total. The van der Waals surface area contributed by atoms with E-state index in [1.807, 2.05) is 0 Å². The third kappa shape index (κ3) is 3.58. The molecule has 1 aromatic carbocycles. The van der Waals surface area contributed by atoms with E-state index < -0.39 is 17.8 Å². The second-order valence-corrected chi connectivity index (χ2v) is 6.34. The molecule has 3 rings (SSSR count). The van der Waals surface area contributed by atoms with E-state index in [0.29, 0.717) is 17.1 Å². The summed E-state index contributed by atoms with van der Waals surface area (Å²) in [7, 11) is 1.56. The van der Waals surface area contributed by atoms with Gasteiger partial charge >= 0.3 is 6.03 Å². The van der Waals surface area contributed by atoms with Crippen molar-refractivity contribution in [3.63, 3.8) is 0 Å². The third-order valence-corrected chi connectivity index (χ3v) is 4.41. The molecule has 0 saturated carbocycles. The number of carbonyl (C=O) groups excluding carboxylic acids is 3. The predicted molar refractivity (Wildman–Crippen MR) is 96.5 cm³/mol. The highest BCUT2D eigenvalue weighted by atomic mass is 127. The number of urea groups is 1. The first-order chi connectivity index (χ1) is 12.0. The molecular weight excluding hydrogens is 439 g/mol. The van der Waals surface area contributed by atoms with Gasteiger partial charge in [0.15, 0.2) is 0 Å². The zero-order valence-corrected chi connectivity index (χ0v) is 15.3. The van der Waals surface area contributed by atoms with Crippen LogP contribution in [0.1, 0.15) is 11.3 Å². The highest BCUT2D eigenvalue weighted by molar-refractivity contribution is 14.1. The van der Waals surface area contributed by atoms with Crippen molar-refractivity contribution in [1.29, 1.82) is 0 Å². The molecule has 2 heterocycles. The van der Waals surface area contributed by atoms with Crippen molar-refractivity contribution >= 4 is 46.5 Å². The van der Waals surface area contributed by atoms with Crippen molar-refractivity contribution in [3.05, 3.63) is 57.1 Å². The van der Waals surface area contributed by atoms with Crippen molar-refractivity contribution < 1.29 is 23.5 Å². The van der Waals surface area contributed by atoms with Gasteiger partial charge in [-0.15, -0.1) is 0 Å². The van der Waals surface area contributed by atoms with Crippen LogP contribution in [0.3, 0.4) is 0 Å². The molecule has 0 bridgehead atoms. The van der Waals surface area contributed by atoms with E-state index in [1.165, 1.54) is 12.3 Å². The summed E-state index contributed by atoms with van der Waals surface area (Å²) in [6.07, 6.45) is 2.89. The fourth-order valence-electron chi connectivity index (χ4n) is 2.34. The molecule has 0 radical (unpaired) electrons. The monoisotopic (exact) mass is 452 g/mol. The number of hydrogen-bond acceptors (Lipinski definition) is 5. The van der Waals surface area contributed by atoms with Gasteiger partial charge < -0.3 is 9.15 Å². The van der Waals surface area contributed by atoms with Gasteiger partial charge in [0.2, 0.25) is 0 Å². The molecule has 1 saturated heterocycles. The van der Waals surface area contributed by atoms with Crippen LogP contribution in [0.2, 0.25) is 0 Å². The van der Waals surface area contributed by atoms with E-state index in [4.69, 9.17) is 9.15 Å². The molecule has 1 fully saturated rings. The zero-order valence-electron chi connectivity index (χ0n) is 13.1. The fraction of sp³-hybridized carbons (Fsp3) is 0.118. The lowest BCUT2D eigenvalue weighted by molar-refractivity contribution is -0.130. The molecule has 8 heteroatoms. The summed E-state index contributed by atoms with van der Waals surface area (Å²) in [5.41, 5.74) is 0.531. The summed E-state index contributed by atoms with van der Waals surface area (Å²) in [5, 5.41) is 2.17. The van der Waals surface area contributed by atoms with Crippen LogP contribution in [0.15, 0.2) is 46.6 Å². The highest BCUT2D eigenvalue weighted by Crippen LogP contribution is 2.24. The number of imide groups is 2. The molecule has 4 amide bonds. The van der Waals surface area contributed by atoms with Gasteiger partial charge in [-0.1, -0.05) is 6.07 Å². The number of ether oxygens (including phenoxy) is 1. The van der Waals surface area contributed by atoms with E-state index in [9.17, 15) is 14.4 Å².